The number of carbonyl (C=O) groups is 11. The standard InChI is InChI=1S/C77H103FN16O16/c1-7-50-35-55(110-30-11-10-27-79)21-22-56(50)51-19-17-48(18-20-51)34-60(72(105)83-58(70(80)103)16-12-13-49-32-44(2)31-45(3)33-49)85-73(106)61(37-67(101)102)86-74(107)62(42-95)87-75(108)69(47(5)97)89-76(109)77(6,38-52-14-8-9-15-57(52)78)39-64(99)68(46(4)96)88-66(100)24-23-63(98)59(36-65-90-92-93-91-65)84-71(104)53-25-28-94(41-53)29-26-54-40-81-43-82-54/h8-9,14-15,17-22,31-33,35,40,43,46-47,53,58-62,68-69,95-97H,7,10-13,16,23-30,34,36-39,41-42,79H2,1-6H3,(H2,80,103)(H,81,82)(H,83,105)(H,84,104)(H,85,106)(H,86,107)(H,87,108)(H,88,100)(H,89,109)(H,101,102)(H,90,91,92,93)/t46-,47-,53+,58+,59+,60+,61+,62+,68+,69+,77-/m1/s1. The number of likely N-dealkylation sites (tertiary alicyclic amines) is 1. The van der Waals surface area contributed by atoms with Gasteiger partial charge in [0.05, 0.1) is 55.5 Å². The van der Waals surface area contributed by atoms with Crippen molar-refractivity contribution < 1.29 is 82.3 Å². The number of nitrogens with one attached hydrogen (secondary N) is 9. The number of Topliss-reactive ketones (excluding diaryl/α,β-unsaturated/α-hetero) is 2. The number of primary amides is 1. The minimum atomic E-state index is -2.10. The zero-order valence-corrected chi connectivity index (χ0v) is 62.8. The maximum atomic E-state index is 15.6. The van der Waals surface area contributed by atoms with E-state index in [4.69, 9.17) is 16.2 Å². The molecular weight excluding hydrogens is 1420 g/mol. The molecule has 3 heterocycles. The van der Waals surface area contributed by atoms with E-state index in [1.165, 1.54) is 32.0 Å². The van der Waals surface area contributed by atoms with Crippen LogP contribution in [0.15, 0.2) is 97.5 Å². The second-order valence-corrected chi connectivity index (χ2v) is 28.4. The molecule has 1 fully saturated rings. The molecule has 594 valence electrons. The maximum absolute atomic E-state index is 15.6. The van der Waals surface area contributed by atoms with Crippen molar-refractivity contribution in [1.29, 1.82) is 0 Å². The fourth-order valence-electron chi connectivity index (χ4n) is 13.2. The lowest BCUT2D eigenvalue weighted by atomic mass is 9.76. The lowest BCUT2D eigenvalue weighted by molar-refractivity contribution is -0.142. The molecule has 7 rings (SSSR count). The molecule has 0 unspecified atom stereocenters. The number of ether oxygens (including phenoxy) is 1. The molecule has 2 aromatic heterocycles. The summed E-state index contributed by atoms with van der Waals surface area (Å²) in [7, 11) is 0. The van der Waals surface area contributed by atoms with Gasteiger partial charge in [0.15, 0.2) is 17.4 Å². The summed E-state index contributed by atoms with van der Waals surface area (Å²) in [4.78, 5) is 163. The van der Waals surface area contributed by atoms with Gasteiger partial charge in [-0.2, -0.15) is 5.21 Å². The van der Waals surface area contributed by atoms with E-state index in [1.54, 1.807) is 24.7 Å². The van der Waals surface area contributed by atoms with Crippen LogP contribution in [0.3, 0.4) is 0 Å². The van der Waals surface area contributed by atoms with E-state index in [1.807, 2.05) is 69.3 Å². The third-order valence-electron chi connectivity index (χ3n) is 19.2. The average Bonchev–Trinajstić information content (AvgIpc) is 0.795. The van der Waals surface area contributed by atoms with Crippen molar-refractivity contribution in [1.82, 2.24) is 72.7 Å². The van der Waals surface area contributed by atoms with Gasteiger partial charge in [-0.3, -0.25) is 52.7 Å². The van der Waals surface area contributed by atoms with Crippen LogP contribution in [0.4, 0.5) is 4.39 Å². The first kappa shape index (κ1) is 86.5. The number of nitrogens with zero attached hydrogens (tertiary/aromatic N) is 5. The van der Waals surface area contributed by atoms with Crippen molar-refractivity contribution in [2.24, 2.45) is 22.8 Å². The lowest BCUT2D eigenvalue weighted by Crippen LogP contribution is -2.62. The highest BCUT2D eigenvalue weighted by Crippen LogP contribution is 2.32. The van der Waals surface area contributed by atoms with Crippen molar-refractivity contribution >= 4 is 64.8 Å². The Labute approximate surface area is 636 Å². The number of aliphatic carboxylic acids is 1. The Kier molecular flexibility index (Phi) is 33.3. The number of H-pyrrole nitrogens is 2. The number of ketones is 2. The number of unbranched alkanes of at least 4 members (excludes halogenated alkanes) is 1. The molecule has 1 saturated heterocycles. The Balaban J connectivity index is 1.03. The molecule has 0 radical (unpaired) electrons. The number of carboxylic acids is 1. The van der Waals surface area contributed by atoms with Crippen LogP contribution < -0.4 is 53.4 Å². The molecule has 6 aromatic rings. The van der Waals surface area contributed by atoms with Crippen LogP contribution in [-0.4, -0.2) is 215 Å². The van der Waals surface area contributed by atoms with Crippen LogP contribution >= 0.6 is 0 Å². The van der Waals surface area contributed by atoms with Crippen LogP contribution in [0.25, 0.3) is 11.1 Å². The number of imidazole rings is 1. The third kappa shape index (κ3) is 26.5. The molecular formula is C77H103FN16O16. The average molecular weight is 1530 g/mol. The van der Waals surface area contributed by atoms with Gasteiger partial charge in [-0.05, 0) is 144 Å². The number of aryl methyl sites for hydroxylation is 4. The summed E-state index contributed by atoms with van der Waals surface area (Å²) >= 11 is 0. The van der Waals surface area contributed by atoms with Gasteiger partial charge >= 0.3 is 5.97 Å². The van der Waals surface area contributed by atoms with E-state index < -0.39 is 175 Å². The molecule has 0 saturated carbocycles. The molecule has 17 N–H and O–H groups in total. The highest BCUT2D eigenvalue weighted by Gasteiger charge is 2.43. The van der Waals surface area contributed by atoms with Gasteiger partial charge in [-0.1, -0.05) is 96.9 Å². The number of amides is 8. The first-order valence-corrected chi connectivity index (χ1v) is 36.9. The maximum Gasteiger partial charge on any atom is 0.305 e. The minimum Gasteiger partial charge on any atom is -0.494 e. The van der Waals surface area contributed by atoms with Gasteiger partial charge in [0.1, 0.15) is 47.8 Å². The molecule has 0 spiro atoms. The van der Waals surface area contributed by atoms with Crippen molar-refractivity contribution in [2.45, 2.75) is 192 Å². The first-order chi connectivity index (χ1) is 52.5. The van der Waals surface area contributed by atoms with Gasteiger partial charge in [0, 0.05) is 63.5 Å². The van der Waals surface area contributed by atoms with Crippen LogP contribution in [0.2, 0.25) is 0 Å². The Hall–Kier alpha value is -10.7. The van der Waals surface area contributed by atoms with E-state index in [0.29, 0.717) is 76.2 Å². The Morgan fingerprint density at radius 2 is 1.41 bits per heavy atom. The Morgan fingerprint density at radius 3 is 2.05 bits per heavy atom. The number of aromatic nitrogens is 6. The molecule has 110 heavy (non-hydrogen) atoms. The van der Waals surface area contributed by atoms with Gasteiger partial charge in [0.25, 0.3) is 0 Å². The zero-order valence-electron chi connectivity index (χ0n) is 62.8. The van der Waals surface area contributed by atoms with Gasteiger partial charge < -0.3 is 83.7 Å². The molecule has 32 nitrogen and oxygen atoms in total. The lowest BCUT2D eigenvalue weighted by Gasteiger charge is -2.33. The van der Waals surface area contributed by atoms with Gasteiger partial charge in [-0.25, -0.2) is 9.37 Å². The molecule has 1 aliphatic heterocycles. The van der Waals surface area contributed by atoms with Crippen molar-refractivity contribution in [3.63, 3.8) is 0 Å². The predicted molar refractivity (Wildman–Crippen MR) is 400 cm³/mol. The number of aromatic amines is 2. The number of nitrogens with two attached hydrogens (primary N) is 2. The quantitative estimate of drug-likeness (QED) is 0.0238. The topological polar surface area (TPSA) is 501 Å². The molecule has 0 bridgehead atoms. The number of benzene rings is 4. The van der Waals surface area contributed by atoms with Crippen molar-refractivity contribution in [3.8, 4) is 16.9 Å². The Bertz CT molecular complexity index is 4090. The van der Waals surface area contributed by atoms with Crippen molar-refractivity contribution in [3.05, 3.63) is 148 Å². The van der Waals surface area contributed by atoms with E-state index in [2.05, 4.69) is 72.7 Å². The van der Waals surface area contributed by atoms with E-state index in [9.17, 15) is 73.2 Å². The number of rotatable bonds is 46. The summed E-state index contributed by atoms with van der Waals surface area (Å²) in [6.07, 6.45) is 0.210. The largest absolute Gasteiger partial charge is 0.494 e. The number of aliphatic hydroxyl groups excluding tert-OH is 3. The highest BCUT2D eigenvalue weighted by atomic mass is 19.1. The Morgan fingerprint density at radius 1 is 0.727 bits per heavy atom. The van der Waals surface area contributed by atoms with Crippen LogP contribution in [0, 0.1) is 31.0 Å². The van der Waals surface area contributed by atoms with E-state index >= 15 is 4.39 Å². The number of carbonyl (C=O) groups excluding carboxylic acids is 10. The SMILES string of the molecule is CCc1cc(OCCCCN)ccc1-c1ccc(C[C@H](NC(=O)[C@H](CC(=O)O)NC(=O)[C@H](CO)NC(=O)[C@@H](NC(=O)[C@@](C)(CC(=O)[C@@H](NC(=O)CCC(=O)[C@H](Cc2nn[nH]n2)NC(=O)[C@H]2CCN(CCc3cnc[nH]3)C2)[C@@H](C)O)Cc2ccccc2F)[C@@H](C)O)C(=O)N[C@@H](CCCc2cc(C)cc(C)c2)C(N)=O)cc1. The molecule has 8 amide bonds. The van der Waals surface area contributed by atoms with E-state index in [0.717, 1.165) is 64.9 Å². The third-order valence-corrected chi connectivity index (χ3v) is 19.2. The molecule has 33 heteroatoms. The summed E-state index contributed by atoms with van der Waals surface area (Å²) < 4.78 is 21.5. The van der Waals surface area contributed by atoms with Crippen molar-refractivity contribution in [2.75, 3.05) is 39.4 Å². The number of tetrazole rings is 1. The number of hydrogen-bond acceptors (Lipinski definition) is 21. The fourth-order valence-corrected chi connectivity index (χ4v) is 13.2. The molecule has 0 aliphatic carbocycles. The summed E-state index contributed by atoms with van der Waals surface area (Å²) in [5, 5.41) is 73.7. The second kappa shape index (κ2) is 42.3. The molecule has 11 atom stereocenters. The minimum absolute atomic E-state index is 0.0892. The number of hydrogen-bond donors (Lipinski definition) is 15. The summed E-state index contributed by atoms with van der Waals surface area (Å²) in [6, 6.07) is 12.1. The monoisotopic (exact) mass is 1530 g/mol. The van der Waals surface area contributed by atoms with Crippen LogP contribution in [0.5, 0.6) is 5.75 Å². The predicted octanol–water partition coefficient (Wildman–Crippen LogP) is 1.06. The van der Waals surface area contributed by atoms with Crippen LogP contribution in [0.1, 0.15) is 130 Å². The number of carboxylic acid groups (broad SMARTS) is 1. The normalized spacial score (nSPS) is 15.9. The fraction of sp³-hybridized carbons (Fsp3) is 0.494. The molecule has 4 aromatic carbocycles. The molecule has 1 aliphatic rings. The highest BCUT2D eigenvalue weighted by molar-refractivity contribution is 6.00. The number of aliphatic hydroxyl groups is 3. The second-order valence-electron chi connectivity index (χ2n) is 28.4. The number of halogens is 1. The van der Waals surface area contributed by atoms with E-state index in [-0.39, 0.29) is 30.7 Å². The summed E-state index contributed by atoms with van der Waals surface area (Å²) in [5.41, 5.74) is 16.5. The van der Waals surface area contributed by atoms with Gasteiger partial charge in [-0.15, -0.1) is 10.2 Å². The summed E-state index contributed by atoms with van der Waals surface area (Å²) in [5.74, 6) is -11.9. The summed E-state index contributed by atoms with van der Waals surface area (Å²) in [6.45, 7) is 10.9. The van der Waals surface area contributed by atoms with Gasteiger partial charge in [0.2, 0.25) is 47.3 Å². The smallest absolute Gasteiger partial charge is 0.305 e. The zero-order chi connectivity index (χ0) is 80.2. The van der Waals surface area contributed by atoms with Crippen LogP contribution in [-0.2, 0) is 91.3 Å². The first-order valence-electron chi connectivity index (χ1n) is 36.9.